The van der Waals surface area contributed by atoms with E-state index in [0.29, 0.717) is 11.6 Å². The monoisotopic (exact) mass is 389 g/mol. The molecule has 2 aromatic carbocycles. The number of benzene rings is 2. The number of H-pyrrole nitrogens is 1. The summed E-state index contributed by atoms with van der Waals surface area (Å²) in [5.41, 5.74) is -1.56. The zero-order chi connectivity index (χ0) is 19.8. The van der Waals surface area contributed by atoms with Gasteiger partial charge in [-0.2, -0.15) is 26.3 Å². The van der Waals surface area contributed by atoms with Crippen molar-refractivity contribution in [3.63, 3.8) is 0 Å². The summed E-state index contributed by atoms with van der Waals surface area (Å²) < 4.78 is 77.7. The Hall–Kier alpha value is -3.24. The molecule has 0 amide bonds. The molecule has 27 heavy (non-hydrogen) atoms. The molecule has 1 aromatic heterocycles. The summed E-state index contributed by atoms with van der Waals surface area (Å²) in [7, 11) is 0. The Morgan fingerprint density at radius 1 is 0.963 bits per heavy atom. The number of anilines is 2. The number of carbonyl (C=O) groups excluding carboxylic acids is 1. The highest BCUT2D eigenvalue weighted by Crippen LogP contribution is 2.39. The van der Waals surface area contributed by atoms with Crippen LogP contribution in [0.15, 0.2) is 48.5 Å². The Balaban J connectivity index is 2.15. The van der Waals surface area contributed by atoms with Crippen LogP contribution in [-0.4, -0.2) is 22.1 Å². The molecule has 0 aliphatic heterocycles. The van der Waals surface area contributed by atoms with E-state index in [9.17, 15) is 31.1 Å². The van der Waals surface area contributed by atoms with E-state index >= 15 is 0 Å². The van der Waals surface area contributed by atoms with Crippen LogP contribution in [0.2, 0.25) is 0 Å². The first kappa shape index (κ1) is 18.5. The fraction of sp³-hybridized carbons (Fsp3) is 0.125. The number of nitrogens with zero attached hydrogens (tertiary/aromatic N) is 2. The molecule has 1 heterocycles. The number of rotatable bonds is 3. The van der Waals surface area contributed by atoms with Crippen molar-refractivity contribution in [1.29, 1.82) is 0 Å². The molecule has 0 saturated carbocycles. The summed E-state index contributed by atoms with van der Waals surface area (Å²) in [6.07, 6.45) is -10.3. The first-order valence-corrected chi connectivity index (χ1v) is 7.27. The third-order valence-electron chi connectivity index (χ3n) is 3.40. The first-order chi connectivity index (χ1) is 12.6. The summed E-state index contributed by atoms with van der Waals surface area (Å²) in [5, 5.41) is 0.0820. The smallest absolute Gasteiger partial charge is 0.324 e. The van der Waals surface area contributed by atoms with Crippen molar-refractivity contribution in [2.75, 3.05) is 5.06 Å². The number of aromatic amines is 1. The van der Waals surface area contributed by atoms with E-state index in [0.717, 1.165) is 18.2 Å². The largest absolute Gasteiger partial charge is 0.493 e. The molecule has 5 nitrogen and oxygen atoms in total. The Morgan fingerprint density at radius 3 is 2.22 bits per heavy atom. The second-order valence-electron chi connectivity index (χ2n) is 5.26. The van der Waals surface area contributed by atoms with E-state index in [4.69, 9.17) is 0 Å². The van der Waals surface area contributed by atoms with E-state index in [2.05, 4.69) is 14.8 Å². The molecule has 0 unspecified atom stereocenters. The van der Waals surface area contributed by atoms with Crippen LogP contribution in [0, 0.1) is 0 Å². The van der Waals surface area contributed by atoms with E-state index in [1.54, 1.807) is 12.1 Å². The van der Waals surface area contributed by atoms with Gasteiger partial charge in [-0.15, -0.1) is 5.06 Å². The molecular weight excluding hydrogens is 380 g/mol. The van der Waals surface area contributed by atoms with Crippen LogP contribution in [0.25, 0.3) is 11.0 Å². The number of para-hydroxylation sites is 3. The van der Waals surface area contributed by atoms with Gasteiger partial charge in [0.05, 0.1) is 22.3 Å². The van der Waals surface area contributed by atoms with Gasteiger partial charge < -0.3 is 9.82 Å². The number of halogens is 6. The molecule has 3 aromatic rings. The minimum Gasteiger partial charge on any atom is -0.324 e. The summed E-state index contributed by atoms with van der Waals surface area (Å²) in [6, 6.07) is 9.85. The number of hydrogen-bond donors (Lipinski definition) is 1. The van der Waals surface area contributed by atoms with Crippen molar-refractivity contribution >= 4 is 28.6 Å². The molecule has 11 heteroatoms. The quantitative estimate of drug-likeness (QED) is 0.519. The number of carbonyl (C=O) groups is 1. The third-order valence-corrected chi connectivity index (χ3v) is 3.40. The van der Waals surface area contributed by atoms with Gasteiger partial charge in [-0.3, -0.25) is 0 Å². The van der Waals surface area contributed by atoms with Crippen LogP contribution in [0.1, 0.15) is 5.56 Å². The number of hydrogen-bond acceptors (Lipinski definition) is 4. The normalized spacial score (nSPS) is 12.2. The van der Waals surface area contributed by atoms with Crippen LogP contribution >= 0.6 is 0 Å². The van der Waals surface area contributed by atoms with Gasteiger partial charge in [0.2, 0.25) is 5.95 Å². The lowest BCUT2D eigenvalue weighted by atomic mass is 10.1. The Bertz CT molecular complexity index is 947. The maximum absolute atomic E-state index is 13.3. The number of imidazole rings is 1. The maximum Gasteiger partial charge on any atom is 0.493 e. The topological polar surface area (TPSA) is 58.2 Å². The average Bonchev–Trinajstić information content (AvgIpc) is 3.01. The highest BCUT2D eigenvalue weighted by molar-refractivity contribution is 5.81. The molecule has 0 saturated heterocycles. The fourth-order valence-electron chi connectivity index (χ4n) is 2.27. The zero-order valence-corrected chi connectivity index (χ0v) is 13.1. The molecule has 0 atom stereocenters. The fourth-order valence-corrected chi connectivity index (χ4v) is 2.27. The lowest BCUT2D eigenvalue weighted by molar-refractivity contribution is -0.200. The van der Waals surface area contributed by atoms with Crippen LogP contribution < -0.4 is 5.06 Å². The zero-order valence-electron chi connectivity index (χ0n) is 13.1. The van der Waals surface area contributed by atoms with Crippen LogP contribution in [-0.2, 0) is 15.8 Å². The van der Waals surface area contributed by atoms with Crippen molar-refractivity contribution < 1.29 is 36.0 Å². The lowest BCUT2D eigenvalue weighted by Gasteiger charge is -2.24. The number of nitrogens with one attached hydrogen (secondary N) is 1. The number of fused-ring (bicyclic) bond motifs is 1. The Labute approximate surface area is 147 Å². The van der Waals surface area contributed by atoms with Crippen LogP contribution in [0.5, 0.6) is 0 Å². The summed E-state index contributed by atoms with van der Waals surface area (Å²) >= 11 is 0. The van der Waals surface area contributed by atoms with E-state index < -0.39 is 35.5 Å². The molecule has 0 bridgehead atoms. The van der Waals surface area contributed by atoms with Gasteiger partial charge in [0.25, 0.3) is 0 Å². The van der Waals surface area contributed by atoms with Crippen LogP contribution in [0.4, 0.5) is 38.0 Å². The van der Waals surface area contributed by atoms with Crippen molar-refractivity contribution in [3.05, 3.63) is 54.1 Å². The highest BCUT2D eigenvalue weighted by atomic mass is 19.4. The molecule has 3 rings (SSSR count). The van der Waals surface area contributed by atoms with Crippen molar-refractivity contribution in [1.82, 2.24) is 9.97 Å². The first-order valence-electron chi connectivity index (χ1n) is 7.27. The number of aromatic nitrogens is 2. The average molecular weight is 389 g/mol. The van der Waals surface area contributed by atoms with Gasteiger partial charge in [-0.05, 0) is 24.3 Å². The van der Waals surface area contributed by atoms with Crippen molar-refractivity contribution in [2.45, 2.75) is 12.4 Å². The minimum absolute atomic E-state index is 0.0820. The number of alkyl halides is 6. The molecule has 0 radical (unpaired) electrons. The highest BCUT2D eigenvalue weighted by Gasteiger charge is 2.44. The maximum atomic E-state index is 13.3. The van der Waals surface area contributed by atoms with Gasteiger partial charge >= 0.3 is 18.3 Å². The molecule has 0 fully saturated rings. The lowest BCUT2D eigenvalue weighted by Crippen LogP contribution is -2.33. The van der Waals surface area contributed by atoms with E-state index in [1.807, 2.05) is 0 Å². The predicted octanol–water partition coefficient (Wildman–Crippen LogP) is 4.74. The third kappa shape index (κ3) is 3.81. The molecule has 0 aliphatic carbocycles. The second-order valence-corrected chi connectivity index (χ2v) is 5.26. The predicted molar refractivity (Wildman–Crippen MR) is 81.8 cm³/mol. The van der Waals surface area contributed by atoms with Gasteiger partial charge in [0.15, 0.2) is 0 Å². The standard InChI is InChI=1S/C16H9F6N3O2/c17-15(18,19)9-5-1-4-8-12(9)25(27-13(26)16(20,21)22)14-23-10-6-2-3-7-11(10)24-14/h1-8H,(H,23,24). The summed E-state index contributed by atoms with van der Waals surface area (Å²) in [4.78, 5) is 22.0. The van der Waals surface area contributed by atoms with Crippen molar-refractivity contribution in [3.8, 4) is 0 Å². The summed E-state index contributed by atoms with van der Waals surface area (Å²) in [6.45, 7) is 0. The molecular formula is C16H9F6N3O2. The minimum atomic E-state index is -5.42. The van der Waals surface area contributed by atoms with Gasteiger partial charge in [-0.1, -0.05) is 24.3 Å². The molecule has 0 aliphatic rings. The Kier molecular flexibility index (Phi) is 4.46. The van der Waals surface area contributed by atoms with Gasteiger partial charge in [-0.25, -0.2) is 9.78 Å². The molecule has 142 valence electrons. The molecule has 0 spiro atoms. The van der Waals surface area contributed by atoms with Gasteiger partial charge in [0, 0.05) is 0 Å². The molecule has 1 N–H and O–H groups in total. The van der Waals surface area contributed by atoms with E-state index in [1.165, 1.54) is 12.1 Å². The van der Waals surface area contributed by atoms with E-state index in [-0.39, 0.29) is 10.6 Å². The Morgan fingerprint density at radius 2 is 1.59 bits per heavy atom. The second kappa shape index (κ2) is 6.49. The van der Waals surface area contributed by atoms with Crippen molar-refractivity contribution in [2.24, 2.45) is 0 Å². The SMILES string of the molecule is O=C(ON(c1nc2ccccc2[nH]1)c1ccccc1C(F)(F)F)C(F)(F)F. The van der Waals surface area contributed by atoms with Crippen LogP contribution in [0.3, 0.4) is 0 Å². The summed E-state index contributed by atoms with van der Waals surface area (Å²) in [5.74, 6) is -3.22. The van der Waals surface area contributed by atoms with Gasteiger partial charge in [0.1, 0.15) is 0 Å².